The van der Waals surface area contributed by atoms with E-state index in [1.54, 1.807) is 0 Å². The molecule has 1 N–H and O–H groups in total. The Bertz CT molecular complexity index is 379. The second kappa shape index (κ2) is 4.74. The predicted molar refractivity (Wildman–Crippen MR) is 62.8 cm³/mol. The molecule has 1 saturated heterocycles. The summed E-state index contributed by atoms with van der Waals surface area (Å²) in [5.74, 6) is 0.778. The van der Waals surface area contributed by atoms with Crippen molar-refractivity contribution in [2.75, 3.05) is 13.1 Å². The molecule has 1 aromatic carbocycles. The highest BCUT2D eigenvalue weighted by Crippen LogP contribution is 2.20. The van der Waals surface area contributed by atoms with E-state index in [-0.39, 0.29) is 6.10 Å². The number of halogens is 1. The van der Waals surface area contributed by atoms with E-state index in [2.05, 4.69) is 15.9 Å². The summed E-state index contributed by atoms with van der Waals surface area (Å²) in [6.45, 7) is 1.00. The van der Waals surface area contributed by atoms with E-state index in [0.717, 1.165) is 16.6 Å². The summed E-state index contributed by atoms with van der Waals surface area (Å²) in [6.07, 6.45) is -0.151. The van der Waals surface area contributed by atoms with Crippen molar-refractivity contribution in [3.05, 3.63) is 28.7 Å². The Morgan fingerprint density at radius 3 is 2.69 bits per heavy atom. The van der Waals surface area contributed by atoms with Gasteiger partial charge in [0.25, 0.3) is 0 Å². The van der Waals surface area contributed by atoms with Gasteiger partial charge in [0.1, 0.15) is 11.9 Å². The number of rotatable bonds is 2. The number of carboxylic acid groups (broad SMARTS) is 1. The lowest BCUT2D eigenvalue weighted by molar-refractivity contribution is 0.145. The Hall–Kier alpha value is -1.23. The van der Waals surface area contributed by atoms with Crippen molar-refractivity contribution in [2.45, 2.75) is 12.5 Å². The molecule has 1 amide bonds. The molecule has 1 aromatic rings. The molecule has 1 fully saturated rings. The minimum Gasteiger partial charge on any atom is -0.489 e. The average molecular weight is 286 g/mol. The molecule has 0 aliphatic carbocycles. The lowest BCUT2D eigenvalue weighted by Crippen LogP contribution is -2.29. The van der Waals surface area contributed by atoms with Crippen LogP contribution in [0.4, 0.5) is 4.79 Å². The molecule has 1 atom stereocenters. The second-order valence-corrected chi connectivity index (χ2v) is 4.63. The van der Waals surface area contributed by atoms with Gasteiger partial charge in [0.2, 0.25) is 0 Å². The first-order valence-electron chi connectivity index (χ1n) is 5.05. The van der Waals surface area contributed by atoms with Crippen LogP contribution in [-0.2, 0) is 0 Å². The van der Waals surface area contributed by atoms with Crippen molar-refractivity contribution >= 4 is 22.0 Å². The number of benzene rings is 1. The number of likely N-dealkylation sites (tertiary alicyclic amines) is 1. The number of hydrogen-bond donors (Lipinski definition) is 1. The minimum absolute atomic E-state index is 0.0303. The predicted octanol–water partition coefficient (Wildman–Crippen LogP) is 2.58. The van der Waals surface area contributed by atoms with E-state index >= 15 is 0 Å². The number of nitrogens with zero attached hydrogens (tertiary/aromatic N) is 1. The standard InChI is InChI=1S/C11H12BrNO3/c12-8-1-3-9(4-2-8)16-10-5-6-13(7-10)11(14)15/h1-4,10H,5-7H2,(H,14,15)/t10-/m0/s1. The topological polar surface area (TPSA) is 49.8 Å². The third kappa shape index (κ3) is 2.66. The van der Waals surface area contributed by atoms with Crippen molar-refractivity contribution in [1.29, 1.82) is 0 Å². The third-order valence-corrected chi connectivity index (χ3v) is 3.06. The van der Waals surface area contributed by atoms with E-state index in [9.17, 15) is 4.79 Å². The Labute approximate surface area is 102 Å². The van der Waals surface area contributed by atoms with Crippen LogP contribution < -0.4 is 4.74 Å². The van der Waals surface area contributed by atoms with Gasteiger partial charge in [-0.25, -0.2) is 4.79 Å². The van der Waals surface area contributed by atoms with E-state index in [4.69, 9.17) is 9.84 Å². The summed E-state index contributed by atoms with van der Waals surface area (Å²) in [5, 5.41) is 8.80. The summed E-state index contributed by atoms with van der Waals surface area (Å²) < 4.78 is 6.68. The molecule has 2 rings (SSSR count). The van der Waals surface area contributed by atoms with E-state index < -0.39 is 6.09 Å². The van der Waals surface area contributed by atoms with Crippen LogP contribution in [0.2, 0.25) is 0 Å². The maximum atomic E-state index is 10.7. The van der Waals surface area contributed by atoms with Gasteiger partial charge in [0, 0.05) is 17.4 Å². The SMILES string of the molecule is O=C(O)N1CC[C@H](Oc2ccc(Br)cc2)C1. The molecule has 0 saturated carbocycles. The Morgan fingerprint density at radius 1 is 1.44 bits per heavy atom. The largest absolute Gasteiger partial charge is 0.489 e. The van der Waals surface area contributed by atoms with E-state index in [1.807, 2.05) is 24.3 Å². The first-order valence-corrected chi connectivity index (χ1v) is 5.84. The Morgan fingerprint density at radius 2 is 2.12 bits per heavy atom. The smallest absolute Gasteiger partial charge is 0.407 e. The van der Waals surface area contributed by atoms with Crippen LogP contribution >= 0.6 is 15.9 Å². The summed E-state index contributed by atoms with van der Waals surface area (Å²) in [4.78, 5) is 12.1. The molecular weight excluding hydrogens is 274 g/mol. The molecule has 16 heavy (non-hydrogen) atoms. The van der Waals surface area contributed by atoms with Crippen molar-refractivity contribution in [2.24, 2.45) is 0 Å². The van der Waals surface area contributed by atoms with Crippen LogP contribution in [-0.4, -0.2) is 35.3 Å². The molecule has 1 aliphatic rings. The summed E-state index contributed by atoms with van der Waals surface area (Å²) in [6, 6.07) is 7.54. The fourth-order valence-corrected chi connectivity index (χ4v) is 1.97. The minimum atomic E-state index is -0.873. The van der Waals surface area contributed by atoms with Gasteiger partial charge < -0.3 is 14.7 Å². The molecule has 1 heterocycles. The van der Waals surface area contributed by atoms with Crippen LogP contribution in [0.5, 0.6) is 5.75 Å². The van der Waals surface area contributed by atoms with Gasteiger partial charge in [0.15, 0.2) is 0 Å². The number of ether oxygens (including phenoxy) is 1. The lowest BCUT2D eigenvalue weighted by Gasteiger charge is -2.14. The number of hydrogen-bond acceptors (Lipinski definition) is 2. The monoisotopic (exact) mass is 285 g/mol. The van der Waals surface area contributed by atoms with E-state index in [0.29, 0.717) is 13.1 Å². The highest BCUT2D eigenvalue weighted by atomic mass is 79.9. The molecule has 0 spiro atoms. The van der Waals surface area contributed by atoms with Crippen LogP contribution in [0, 0.1) is 0 Å². The fraction of sp³-hybridized carbons (Fsp3) is 0.364. The van der Waals surface area contributed by atoms with Crippen molar-refractivity contribution < 1.29 is 14.6 Å². The molecule has 0 unspecified atom stereocenters. The van der Waals surface area contributed by atoms with Crippen molar-refractivity contribution in [1.82, 2.24) is 4.90 Å². The molecule has 5 heteroatoms. The maximum absolute atomic E-state index is 10.7. The Kier molecular flexibility index (Phi) is 3.33. The van der Waals surface area contributed by atoms with Gasteiger partial charge in [-0.15, -0.1) is 0 Å². The van der Waals surface area contributed by atoms with Crippen LogP contribution in [0.1, 0.15) is 6.42 Å². The second-order valence-electron chi connectivity index (χ2n) is 3.71. The first kappa shape index (κ1) is 11.3. The van der Waals surface area contributed by atoms with Gasteiger partial charge >= 0.3 is 6.09 Å². The normalized spacial score (nSPS) is 19.8. The average Bonchev–Trinajstić information content (AvgIpc) is 2.70. The zero-order valence-corrected chi connectivity index (χ0v) is 10.2. The third-order valence-electron chi connectivity index (χ3n) is 2.53. The summed E-state index contributed by atoms with van der Waals surface area (Å²) in [7, 11) is 0. The molecule has 0 bridgehead atoms. The molecular formula is C11H12BrNO3. The highest BCUT2D eigenvalue weighted by Gasteiger charge is 2.27. The van der Waals surface area contributed by atoms with Crippen LogP contribution in [0.15, 0.2) is 28.7 Å². The quantitative estimate of drug-likeness (QED) is 0.909. The van der Waals surface area contributed by atoms with Gasteiger partial charge in [0.05, 0.1) is 6.54 Å². The molecule has 0 radical (unpaired) electrons. The Balaban J connectivity index is 1.92. The fourth-order valence-electron chi connectivity index (χ4n) is 1.70. The number of carbonyl (C=O) groups is 1. The zero-order chi connectivity index (χ0) is 11.5. The van der Waals surface area contributed by atoms with Crippen LogP contribution in [0.25, 0.3) is 0 Å². The summed E-state index contributed by atoms with van der Waals surface area (Å²) >= 11 is 3.35. The molecule has 86 valence electrons. The lowest BCUT2D eigenvalue weighted by atomic mass is 10.3. The number of amides is 1. The highest BCUT2D eigenvalue weighted by molar-refractivity contribution is 9.10. The summed E-state index contributed by atoms with van der Waals surface area (Å²) in [5.41, 5.74) is 0. The van der Waals surface area contributed by atoms with Crippen molar-refractivity contribution in [3.63, 3.8) is 0 Å². The van der Waals surface area contributed by atoms with E-state index in [1.165, 1.54) is 4.90 Å². The van der Waals surface area contributed by atoms with Crippen LogP contribution in [0.3, 0.4) is 0 Å². The van der Waals surface area contributed by atoms with Gasteiger partial charge in [-0.1, -0.05) is 15.9 Å². The van der Waals surface area contributed by atoms with Gasteiger partial charge in [-0.05, 0) is 24.3 Å². The first-order chi connectivity index (χ1) is 7.65. The maximum Gasteiger partial charge on any atom is 0.407 e. The molecule has 0 aromatic heterocycles. The molecule has 4 nitrogen and oxygen atoms in total. The zero-order valence-electron chi connectivity index (χ0n) is 8.60. The van der Waals surface area contributed by atoms with Gasteiger partial charge in [-0.3, -0.25) is 0 Å². The van der Waals surface area contributed by atoms with Crippen molar-refractivity contribution in [3.8, 4) is 5.75 Å². The van der Waals surface area contributed by atoms with Gasteiger partial charge in [-0.2, -0.15) is 0 Å². The molecule has 1 aliphatic heterocycles.